The zero-order valence-electron chi connectivity index (χ0n) is 9.43. The van der Waals surface area contributed by atoms with E-state index in [9.17, 15) is 14.9 Å². The Morgan fingerprint density at radius 3 is 2.76 bits per heavy atom. The summed E-state index contributed by atoms with van der Waals surface area (Å²) in [5.74, 6) is -1.41. The molecule has 1 N–H and O–H groups in total. The molecule has 0 bridgehead atoms. The predicted octanol–water partition coefficient (Wildman–Crippen LogP) is 2.00. The number of nitrogens with one attached hydrogen (secondary N) is 1. The van der Waals surface area contributed by atoms with E-state index in [1.807, 2.05) is 0 Å². The largest absolute Gasteiger partial charge is 0.319 e. The van der Waals surface area contributed by atoms with Gasteiger partial charge in [-0.05, 0) is 25.5 Å². The van der Waals surface area contributed by atoms with E-state index in [4.69, 9.17) is 5.26 Å². The highest BCUT2D eigenvalue weighted by Crippen LogP contribution is 2.25. The Balaban J connectivity index is 3.03. The summed E-state index contributed by atoms with van der Waals surface area (Å²) in [7, 11) is 0. The lowest BCUT2D eigenvalue weighted by Crippen LogP contribution is -2.19. The van der Waals surface area contributed by atoms with Crippen molar-refractivity contribution in [2.45, 2.75) is 13.8 Å². The van der Waals surface area contributed by atoms with Gasteiger partial charge in [0.05, 0.1) is 11.0 Å². The Hall–Kier alpha value is -2.42. The van der Waals surface area contributed by atoms with Crippen LogP contribution >= 0.6 is 0 Å². The van der Waals surface area contributed by atoms with Gasteiger partial charge < -0.3 is 5.32 Å². The number of anilines is 1. The zero-order chi connectivity index (χ0) is 13.0. The first kappa shape index (κ1) is 12.6. The maximum atomic E-state index is 11.4. The van der Waals surface area contributed by atoms with Crippen molar-refractivity contribution in [3.05, 3.63) is 33.9 Å². The molecule has 88 valence electrons. The average molecular weight is 233 g/mol. The number of aryl methyl sites for hydroxylation is 1. The average Bonchev–Trinajstić information content (AvgIpc) is 2.29. The fraction of sp³-hybridized carbons (Fsp3) is 0.273. The van der Waals surface area contributed by atoms with Gasteiger partial charge in [0.25, 0.3) is 5.69 Å². The van der Waals surface area contributed by atoms with Crippen LogP contribution < -0.4 is 5.32 Å². The molecule has 1 unspecified atom stereocenters. The van der Waals surface area contributed by atoms with Gasteiger partial charge in [0, 0.05) is 6.07 Å². The highest BCUT2D eigenvalue weighted by Gasteiger charge is 2.18. The minimum atomic E-state index is -0.851. The molecular weight excluding hydrogens is 222 g/mol. The van der Waals surface area contributed by atoms with Crippen molar-refractivity contribution in [1.29, 1.82) is 5.26 Å². The molecule has 6 heteroatoms. The monoisotopic (exact) mass is 233 g/mol. The van der Waals surface area contributed by atoms with Crippen LogP contribution in [0.4, 0.5) is 11.4 Å². The molecule has 1 rings (SSSR count). The van der Waals surface area contributed by atoms with E-state index in [0.29, 0.717) is 0 Å². The van der Waals surface area contributed by atoms with Crippen LogP contribution in [-0.4, -0.2) is 10.8 Å². The number of benzene rings is 1. The lowest BCUT2D eigenvalue weighted by atomic mass is 10.1. The predicted molar refractivity (Wildman–Crippen MR) is 61.2 cm³/mol. The molecule has 6 nitrogen and oxygen atoms in total. The summed E-state index contributed by atoms with van der Waals surface area (Å²) in [6.45, 7) is 3.14. The second-order valence-corrected chi connectivity index (χ2v) is 3.62. The van der Waals surface area contributed by atoms with E-state index in [1.54, 1.807) is 19.1 Å². The summed E-state index contributed by atoms with van der Waals surface area (Å²) in [5.41, 5.74) is 0.652. The maximum absolute atomic E-state index is 11.4. The molecule has 0 saturated heterocycles. The molecule has 0 aliphatic rings. The summed E-state index contributed by atoms with van der Waals surface area (Å²) < 4.78 is 0. The molecule has 1 aromatic rings. The third-order valence-electron chi connectivity index (χ3n) is 2.19. The molecule has 0 aromatic heterocycles. The van der Waals surface area contributed by atoms with Gasteiger partial charge in [0.2, 0.25) is 5.91 Å². The standard InChI is InChI=1S/C11H11N3O3/c1-7-3-4-9(10(5-7)14(16)17)13-11(15)8(2)6-12/h3-5,8H,1-2H3,(H,13,15). The van der Waals surface area contributed by atoms with Gasteiger partial charge in [-0.3, -0.25) is 14.9 Å². The van der Waals surface area contributed by atoms with Gasteiger partial charge in [-0.25, -0.2) is 0 Å². The van der Waals surface area contributed by atoms with Crippen LogP contribution in [-0.2, 0) is 4.79 Å². The summed E-state index contributed by atoms with van der Waals surface area (Å²) in [4.78, 5) is 21.7. The van der Waals surface area contributed by atoms with E-state index in [2.05, 4.69) is 5.32 Å². The van der Waals surface area contributed by atoms with E-state index in [1.165, 1.54) is 19.1 Å². The number of carbonyl (C=O) groups excluding carboxylic acids is 1. The van der Waals surface area contributed by atoms with Crippen LogP contribution in [0.15, 0.2) is 18.2 Å². The minimum Gasteiger partial charge on any atom is -0.319 e. The van der Waals surface area contributed by atoms with Gasteiger partial charge in [-0.15, -0.1) is 0 Å². The summed E-state index contributed by atoms with van der Waals surface area (Å²) in [5, 5.41) is 21.7. The highest BCUT2D eigenvalue weighted by molar-refractivity contribution is 5.95. The molecule has 0 aliphatic carbocycles. The van der Waals surface area contributed by atoms with Crippen LogP contribution in [0.5, 0.6) is 0 Å². The lowest BCUT2D eigenvalue weighted by Gasteiger charge is -2.07. The Labute approximate surface area is 98.0 Å². The Morgan fingerprint density at radius 1 is 1.59 bits per heavy atom. The van der Waals surface area contributed by atoms with Crippen molar-refractivity contribution < 1.29 is 9.72 Å². The third-order valence-corrected chi connectivity index (χ3v) is 2.19. The number of nitrogens with zero attached hydrogens (tertiary/aromatic N) is 2. The van der Waals surface area contributed by atoms with Crippen LogP contribution in [0.25, 0.3) is 0 Å². The topological polar surface area (TPSA) is 96.0 Å². The van der Waals surface area contributed by atoms with Crippen molar-refractivity contribution in [3.8, 4) is 6.07 Å². The van der Waals surface area contributed by atoms with E-state index >= 15 is 0 Å². The number of hydrogen-bond donors (Lipinski definition) is 1. The Bertz CT molecular complexity index is 505. The number of nitriles is 1. The molecule has 1 atom stereocenters. The molecular formula is C11H11N3O3. The SMILES string of the molecule is Cc1ccc(NC(=O)C(C)C#N)c([N+](=O)[O-])c1. The summed E-state index contributed by atoms with van der Waals surface area (Å²) in [6, 6.07) is 6.24. The first-order chi connectivity index (χ1) is 7.95. The molecule has 0 spiro atoms. The number of nitro groups is 1. The molecule has 1 amide bonds. The number of hydrogen-bond acceptors (Lipinski definition) is 4. The van der Waals surface area contributed by atoms with Gasteiger partial charge in [-0.1, -0.05) is 6.07 Å². The second kappa shape index (κ2) is 5.07. The quantitative estimate of drug-likeness (QED) is 0.637. The molecule has 0 saturated carbocycles. The maximum Gasteiger partial charge on any atom is 0.293 e. The van der Waals surface area contributed by atoms with E-state index in [0.717, 1.165) is 5.56 Å². The van der Waals surface area contributed by atoms with E-state index in [-0.39, 0.29) is 11.4 Å². The number of carbonyl (C=O) groups is 1. The first-order valence-electron chi connectivity index (χ1n) is 4.91. The fourth-order valence-corrected chi connectivity index (χ4v) is 1.20. The lowest BCUT2D eigenvalue weighted by molar-refractivity contribution is -0.384. The summed E-state index contributed by atoms with van der Waals surface area (Å²) in [6.07, 6.45) is 0. The van der Waals surface area contributed by atoms with Crippen molar-refractivity contribution in [1.82, 2.24) is 0 Å². The van der Waals surface area contributed by atoms with Gasteiger partial charge in [-0.2, -0.15) is 5.26 Å². The molecule has 0 radical (unpaired) electrons. The molecule has 0 aliphatic heterocycles. The van der Waals surface area contributed by atoms with Crippen LogP contribution in [0.3, 0.4) is 0 Å². The van der Waals surface area contributed by atoms with Gasteiger partial charge in [0.15, 0.2) is 0 Å². The van der Waals surface area contributed by atoms with Crippen LogP contribution in [0.2, 0.25) is 0 Å². The van der Waals surface area contributed by atoms with Crippen molar-refractivity contribution in [2.24, 2.45) is 5.92 Å². The summed E-state index contributed by atoms with van der Waals surface area (Å²) >= 11 is 0. The first-order valence-corrected chi connectivity index (χ1v) is 4.91. The van der Waals surface area contributed by atoms with Crippen LogP contribution in [0, 0.1) is 34.3 Å². The Morgan fingerprint density at radius 2 is 2.24 bits per heavy atom. The van der Waals surface area contributed by atoms with E-state index < -0.39 is 16.7 Å². The van der Waals surface area contributed by atoms with Crippen molar-refractivity contribution in [2.75, 3.05) is 5.32 Å². The smallest absolute Gasteiger partial charge is 0.293 e. The normalized spacial score (nSPS) is 11.4. The highest BCUT2D eigenvalue weighted by atomic mass is 16.6. The molecule has 0 heterocycles. The second-order valence-electron chi connectivity index (χ2n) is 3.62. The number of amides is 1. The van der Waals surface area contributed by atoms with Crippen LogP contribution in [0.1, 0.15) is 12.5 Å². The number of rotatable bonds is 3. The Kier molecular flexibility index (Phi) is 3.78. The fourth-order valence-electron chi connectivity index (χ4n) is 1.20. The molecule has 0 fully saturated rings. The molecule has 17 heavy (non-hydrogen) atoms. The van der Waals surface area contributed by atoms with Gasteiger partial charge in [0.1, 0.15) is 11.6 Å². The number of nitro benzene ring substituents is 1. The third kappa shape index (κ3) is 3.01. The molecule has 1 aromatic carbocycles. The minimum absolute atomic E-state index is 0.104. The zero-order valence-corrected chi connectivity index (χ0v) is 9.43. The van der Waals surface area contributed by atoms with Crippen molar-refractivity contribution >= 4 is 17.3 Å². The van der Waals surface area contributed by atoms with Gasteiger partial charge >= 0.3 is 0 Å². The van der Waals surface area contributed by atoms with Crippen molar-refractivity contribution in [3.63, 3.8) is 0 Å².